The molecular weight excluding hydrogens is 360 g/mol. The molecule has 0 bridgehead atoms. The van der Waals surface area contributed by atoms with Gasteiger partial charge in [-0.1, -0.05) is 53.6 Å². The van der Waals surface area contributed by atoms with Crippen molar-refractivity contribution >= 4 is 23.7 Å². The highest BCUT2D eigenvalue weighted by Gasteiger charge is 2.04. The van der Waals surface area contributed by atoms with E-state index in [2.05, 4.69) is 22.7 Å². The first-order valence-corrected chi connectivity index (χ1v) is 8.85. The van der Waals surface area contributed by atoms with Gasteiger partial charge < -0.3 is 4.74 Å². The van der Waals surface area contributed by atoms with Crippen molar-refractivity contribution in [2.45, 2.75) is 13.5 Å². The number of hydrogen-bond acceptors (Lipinski definition) is 3. The SMILES string of the molecule is Cc1ccc(COc2ccc(C(=O)NN=Cc3cccc(Cl)c3)cc2)cc1. The number of carbonyl (C=O) groups is 1. The van der Waals surface area contributed by atoms with Crippen LogP contribution < -0.4 is 10.2 Å². The van der Waals surface area contributed by atoms with Crippen LogP contribution in [0.4, 0.5) is 0 Å². The number of benzene rings is 3. The second-order valence-electron chi connectivity index (χ2n) is 6.05. The summed E-state index contributed by atoms with van der Waals surface area (Å²) in [6.07, 6.45) is 1.54. The fourth-order valence-electron chi connectivity index (χ4n) is 2.37. The molecule has 136 valence electrons. The summed E-state index contributed by atoms with van der Waals surface area (Å²) in [5.41, 5.74) is 6.12. The lowest BCUT2D eigenvalue weighted by Crippen LogP contribution is -2.17. The number of nitrogens with zero attached hydrogens (tertiary/aromatic N) is 1. The van der Waals surface area contributed by atoms with E-state index in [4.69, 9.17) is 16.3 Å². The zero-order chi connectivity index (χ0) is 19.1. The maximum atomic E-state index is 12.1. The summed E-state index contributed by atoms with van der Waals surface area (Å²) in [5.74, 6) is 0.410. The van der Waals surface area contributed by atoms with Crippen LogP contribution in [-0.4, -0.2) is 12.1 Å². The van der Waals surface area contributed by atoms with Crippen LogP contribution in [0.15, 0.2) is 77.9 Å². The number of rotatable bonds is 6. The summed E-state index contributed by atoms with van der Waals surface area (Å²) in [4.78, 5) is 12.1. The highest BCUT2D eigenvalue weighted by atomic mass is 35.5. The second-order valence-corrected chi connectivity index (χ2v) is 6.49. The third-order valence-electron chi connectivity index (χ3n) is 3.87. The molecule has 1 N–H and O–H groups in total. The minimum atomic E-state index is -0.293. The first kappa shape index (κ1) is 18.7. The molecule has 27 heavy (non-hydrogen) atoms. The van der Waals surface area contributed by atoms with Crippen molar-refractivity contribution in [1.82, 2.24) is 5.43 Å². The number of ether oxygens (including phenoxy) is 1. The van der Waals surface area contributed by atoms with Gasteiger partial charge in [0.1, 0.15) is 12.4 Å². The number of hydrazone groups is 1. The number of halogens is 1. The number of hydrogen-bond donors (Lipinski definition) is 1. The van der Waals surface area contributed by atoms with E-state index >= 15 is 0 Å². The first-order valence-electron chi connectivity index (χ1n) is 8.47. The Morgan fingerprint density at radius 2 is 1.81 bits per heavy atom. The standard InChI is InChI=1S/C22H19ClN2O2/c1-16-5-7-17(8-6-16)15-27-21-11-9-19(10-12-21)22(26)25-24-14-18-3-2-4-20(23)13-18/h2-14H,15H2,1H3,(H,25,26). The lowest BCUT2D eigenvalue weighted by Gasteiger charge is -2.07. The van der Waals surface area contributed by atoms with E-state index in [0.29, 0.717) is 22.9 Å². The number of carbonyl (C=O) groups excluding carboxylic acids is 1. The van der Waals surface area contributed by atoms with Gasteiger partial charge >= 0.3 is 0 Å². The van der Waals surface area contributed by atoms with Gasteiger partial charge in [-0.2, -0.15) is 5.10 Å². The monoisotopic (exact) mass is 378 g/mol. The molecule has 3 rings (SSSR count). The third kappa shape index (κ3) is 5.69. The first-order chi connectivity index (χ1) is 13.1. The van der Waals surface area contributed by atoms with Gasteiger partial charge in [0, 0.05) is 10.6 Å². The Hall–Kier alpha value is -3.11. The van der Waals surface area contributed by atoms with Gasteiger partial charge in [-0.3, -0.25) is 4.79 Å². The molecule has 0 aliphatic heterocycles. The Kier molecular flexibility index (Phi) is 6.23. The van der Waals surface area contributed by atoms with Crippen LogP contribution in [0.25, 0.3) is 0 Å². The molecule has 0 saturated carbocycles. The van der Waals surface area contributed by atoms with Crippen LogP contribution in [0.5, 0.6) is 5.75 Å². The molecule has 1 amide bonds. The van der Waals surface area contributed by atoms with Crippen molar-refractivity contribution in [3.63, 3.8) is 0 Å². The molecule has 0 aliphatic rings. The van der Waals surface area contributed by atoms with Crippen molar-refractivity contribution in [2.75, 3.05) is 0 Å². The average Bonchev–Trinajstić information content (AvgIpc) is 2.68. The van der Waals surface area contributed by atoms with Crippen LogP contribution in [0.2, 0.25) is 5.02 Å². The van der Waals surface area contributed by atoms with Gasteiger partial charge in [-0.25, -0.2) is 5.43 Å². The molecule has 0 spiro atoms. The van der Waals surface area contributed by atoms with Crippen LogP contribution in [-0.2, 0) is 6.61 Å². The molecule has 4 nitrogen and oxygen atoms in total. The van der Waals surface area contributed by atoms with Crippen molar-refractivity contribution in [3.8, 4) is 5.75 Å². The molecule has 3 aromatic rings. The molecule has 5 heteroatoms. The van der Waals surface area contributed by atoms with Gasteiger partial charge in [0.15, 0.2) is 0 Å². The molecule has 0 unspecified atom stereocenters. The lowest BCUT2D eigenvalue weighted by atomic mass is 10.2. The molecule has 0 saturated heterocycles. The lowest BCUT2D eigenvalue weighted by molar-refractivity contribution is 0.0955. The zero-order valence-electron chi connectivity index (χ0n) is 14.9. The summed E-state index contributed by atoms with van der Waals surface area (Å²) in [5, 5.41) is 4.57. The van der Waals surface area contributed by atoms with Gasteiger partial charge in [0.05, 0.1) is 6.21 Å². The van der Waals surface area contributed by atoms with E-state index < -0.39 is 0 Å². The van der Waals surface area contributed by atoms with E-state index in [1.54, 1.807) is 42.6 Å². The molecule has 0 atom stereocenters. The molecule has 0 fully saturated rings. The fourth-order valence-corrected chi connectivity index (χ4v) is 2.57. The predicted molar refractivity (Wildman–Crippen MR) is 108 cm³/mol. The van der Waals surface area contributed by atoms with Gasteiger partial charge in [0.25, 0.3) is 5.91 Å². The Morgan fingerprint density at radius 1 is 1.07 bits per heavy atom. The molecule has 0 radical (unpaired) electrons. The Labute approximate surface area is 163 Å². The van der Waals surface area contributed by atoms with Gasteiger partial charge in [-0.05, 0) is 54.4 Å². The topological polar surface area (TPSA) is 50.7 Å². The highest BCUT2D eigenvalue weighted by Crippen LogP contribution is 2.15. The van der Waals surface area contributed by atoms with E-state index in [1.165, 1.54) is 5.56 Å². The zero-order valence-corrected chi connectivity index (χ0v) is 15.6. The summed E-state index contributed by atoms with van der Waals surface area (Å²) in [7, 11) is 0. The largest absolute Gasteiger partial charge is 0.489 e. The van der Waals surface area contributed by atoms with Crippen molar-refractivity contribution in [1.29, 1.82) is 0 Å². The molecular formula is C22H19ClN2O2. The number of nitrogens with one attached hydrogen (secondary N) is 1. The average molecular weight is 379 g/mol. The van der Waals surface area contributed by atoms with E-state index in [-0.39, 0.29) is 5.91 Å². The van der Waals surface area contributed by atoms with E-state index in [0.717, 1.165) is 11.1 Å². The van der Waals surface area contributed by atoms with Crippen molar-refractivity contribution < 1.29 is 9.53 Å². The Morgan fingerprint density at radius 3 is 2.52 bits per heavy atom. The summed E-state index contributed by atoms with van der Waals surface area (Å²) < 4.78 is 5.74. The summed E-state index contributed by atoms with van der Waals surface area (Å²) >= 11 is 5.91. The maximum absolute atomic E-state index is 12.1. The van der Waals surface area contributed by atoms with Crippen LogP contribution in [0, 0.1) is 6.92 Å². The molecule has 0 aliphatic carbocycles. The van der Waals surface area contributed by atoms with Crippen LogP contribution >= 0.6 is 11.6 Å². The highest BCUT2D eigenvalue weighted by molar-refractivity contribution is 6.30. The normalized spacial score (nSPS) is 10.7. The number of aryl methyl sites for hydroxylation is 1. The second kappa shape index (κ2) is 9.01. The number of amides is 1. The molecule has 3 aromatic carbocycles. The third-order valence-corrected chi connectivity index (χ3v) is 4.11. The quantitative estimate of drug-likeness (QED) is 0.485. The van der Waals surface area contributed by atoms with Crippen molar-refractivity contribution in [2.24, 2.45) is 5.10 Å². The van der Waals surface area contributed by atoms with Crippen LogP contribution in [0.3, 0.4) is 0 Å². The minimum absolute atomic E-state index is 0.293. The van der Waals surface area contributed by atoms with E-state index in [1.807, 2.05) is 31.2 Å². The maximum Gasteiger partial charge on any atom is 0.271 e. The van der Waals surface area contributed by atoms with Gasteiger partial charge in [0.2, 0.25) is 0 Å². The predicted octanol–water partition coefficient (Wildman–Crippen LogP) is 4.99. The summed E-state index contributed by atoms with van der Waals surface area (Å²) in [6.45, 7) is 2.53. The summed E-state index contributed by atoms with van der Waals surface area (Å²) in [6, 6.07) is 22.3. The Balaban J connectivity index is 1.53. The van der Waals surface area contributed by atoms with Gasteiger partial charge in [-0.15, -0.1) is 0 Å². The molecule has 0 aromatic heterocycles. The Bertz CT molecular complexity index is 935. The van der Waals surface area contributed by atoms with Crippen molar-refractivity contribution in [3.05, 3.63) is 100 Å². The van der Waals surface area contributed by atoms with Crippen LogP contribution in [0.1, 0.15) is 27.0 Å². The van der Waals surface area contributed by atoms with E-state index in [9.17, 15) is 4.79 Å². The fraction of sp³-hybridized carbons (Fsp3) is 0.0909. The minimum Gasteiger partial charge on any atom is -0.489 e. The smallest absolute Gasteiger partial charge is 0.271 e. The molecule has 0 heterocycles.